The number of hydrogen-bond donors (Lipinski definition) is 0. The van der Waals surface area contributed by atoms with Crippen LogP contribution in [-0.2, 0) is 4.43 Å². The first kappa shape index (κ1) is 36.1. The van der Waals surface area contributed by atoms with E-state index >= 15 is 0 Å². The Morgan fingerprint density at radius 1 is 0.350 bits per heavy atom. The highest BCUT2D eigenvalue weighted by atomic mass is 35.5. The van der Waals surface area contributed by atoms with E-state index in [1.54, 1.807) is 6.92 Å². The van der Waals surface area contributed by atoms with E-state index in [4.69, 9.17) is 192 Å². The zero-order valence-corrected chi connectivity index (χ0v) is 30.8. The second-order valence-corrected chi connectivity index (χ2v) is 14.5. The van der Waals surface area contributed by atoms with Crippen LogP contribution in [0.15, 0.2) is 0 Å². The summed E-state index contributed by atoms with van der Waals surface area (Å²) in [5.74, 6) is -1.17. The van der Waals surface area contributed by atoms with Crippen LogP contribution in [0, 0.1) is 0 Å². The van der Waals surface area contributed by atoms with Gasteiger partial charge in [0.2, 0.25) is 0 Å². The van der Waals surface area contributed by atoms with Gasteiger partial charge in [-0.2, -0.15) is 0 Å². The fraction of sp³-hybridized carbons (Fsp3) is 0.100. The van der Waals surface area contributed by atoms with E-state index in [1.807, 2.05) is 0 Å². The van der Waals surface area contributed by atoms with Crippen molar-refractivity contribution in [2.75, 3.05) is 6.61 Å². The Bertz CT molecular complexity index is 1260. The van der Waals surface area contributed by atoms with Crippen LogP contribution in [-0.4, -0.2) is 15.7 Å². The highest BCUT2D eigenvalue weighted by Crippen LogP contribution is 2.53. The summed E-state index contributed by atoms with van der Waals surface area (Å²) in [5.41, 5.74) is 0. The average Bonchev–Trinajstić information content (AvgIpc) is 2.93. The molecule has 0 aromatic heterocycles. The molecule has 3 rings (SSSR count). The largest absolute Gasteiger partial charge is 0.893 e. The lowest BCUT2D eigenvalue weighted by Gasteiger charge is -2.31. The first-order valence-corrected chi connectivity index (χ1v) is 17.1. The molecule has 0 unspecified atom stereocenters. The quantitative estimate of drug-likeness (QED) is 0.128. The van der Waals surface area contributed by atoms with Crippen molar-refractivity contribution >= 4 is 183 Å². The molecule has 0 fully saturated rings. The molecule has 40 heavy (non-hydrogen) atoms. The monoisotopic (exact) mass is 862 g/mol. The van der Waals surface area contributed by atoms with E-state index in [2.05, 4.69) is 0 Å². The molecule has 0 N–H and O–H groups in total. The molecule has 0 aliphatic heterocycles. The highest BCUT2D eigenvalue weighted by Gasteiger charge is 2.57. The van der Waals surface area contributed by atoms with Crippen LogP contribution in [0.3, 0.4) is 0 Å². The van der Waals surface area contributed by atoms with E-state index in [0.29, 0.717) is 0 Å². The lowest BCUT2D eigenvalue weighted by atomic mass is 10.3. The van der Waals surface area contributed by atoms with Crippen LogP contribution < -0.4 is 13.3 Å². The topological polar surface area (TPSA) is 36.9 Å². The van der Waals surface area contributed by atoms with Crippen molar-refractivity contribution in [2.24, 2.45) is 0 Å². The minimum atomic E-state index is -4.88. The van der Waals surface area contributed by atoms with Crippen molar-refractivity contribution < 1.29 is 17.7 Å². The molecule has 20 heteroatoms. The van der Waals surface area contributed by atoms with Crippen LogP contribution in [0.25, 0.3) is 0 Å². The van der Waals surface area contributed by atoms with E-state index in [9.17, 15) is 0 Å². The molecule has 0 aliphatic rings. The van der Waals surface area contributed by atoms with E-state index in [-0.39, 0.29) is 99.2 Å². The maximum atomic E-state index is 6.40. The van der Waals surface area contributed by atoms with Crippen molar-refractivity contribution in [3.05, 3.63) is 75.3 Å². The molecule has 0 aliphatic carbocycles. The second kappa shape index (κ2) is 14.3. The molecule has 0 amide bonds. The van der Waals surface area contributed by atoms with Crippen LogP contribution in [0.2, 0.25) is 75.3 Å². The Labute approximate surface area is 303 Å². The van der Waals surface area contributed by atoms with Crippen LogP contribution in [0.4, 0.5) is 0 Å². The molecule has 0 saturated heterocycles. The molecule has 0 saturated carbocycles. The normalized spacial score (nSPS) is 11.7. The Hall–Kier alpha value is 1.59. The third kappa shape index (κ3) is 6.88. The summed E-state index contributed by atoms with van der Waals surface area (Å²) in [4.78, 5) is 0. The highest BCUT2D eigenvalue weighted by molar-refractivity contribution is 6.62. The van der Waals surface area contributed by atoms with Gasteiger partial charge in [-0.3, -0.25) is 0 Å². The summed E-state index contributed by atoms with van der Waals surface area (Å²) < 4.78 is 24.1. The van der Waals surface area contributed by atoms with Gasteiger partial charge in [-0.15, -0.1) is 0 Å². The van der Waals surface area contributed by atoms with Crippen molar-refractivity contribution in [2.45, 2.75) is 6.92 Å². The van der Waals surface area contributed by atoms with Gasteiger partial charge < -0.3 is 17.7 Å². The molecule has 0 bridgehead atoms. The fourth-order valence-corrected chi connectivity index (χ4v) is 8.73. The van der Waals surface area contributed by atoms with Gasteiger partial charge in [0.1, 0.15) is 30.1 Å². The van der Waals surface area contributed by atoms with E-state index in [1.165, 1.54) is 0 Å². The molecule has 218 valence electrons. The third-order valence-electron chi connectivity index (χ3n) is 4.51. The molecule has 3 aromatic rings. The minimum absolute atomic E-state index is 0.148. The number of hydrogen-bond acceptors (Lipinski definition) is 4. The Balaban J connectivity index is 2.39. The maximum absolute atomic E-state index is 6.40. The van der Waals surface area contributed by atoms with Crippen molar-refractivity contribution in [3.8, 4) is 17.2 Å². The van der Waals surface area contributed by atoms with Crippen molar-refractivity contribution in [1.29, 1.82) is 0 Å². The van der Waals surface area contributed by atoms with Gasteiger partial charge in [0, 0.05) is 6.61 Å². The summed E-state index contributed by atoms with van der Waals surface area (Å²) in [5, 5.41) is -3.70. The maximum Gasteiger partial charge on any atom is 0.893 e. The van der Waals surface area contributed by atoms with Gasteiger partial charge in [0.05, 0.1) is 45.2 Å². The molecule has 3 aromatic carbocycles. The summed E-state index contributed by atoms with van der Waals surface area (Å²) in [6.45, 7) is 1.41. The predicted octanol–water partition coefficient (Wildman–Crippen LogP) is 14.5. The molecule has 0 atom stereocenters. The summed E-state index contributed by atoms with van der Waals surface area (Å²) in [6, 6.07) is 0. The van der Waals surface area contributed by atoms with Crippen molar-refractivity contribution in [3.63, 3.8) is 0 Å². The lowest BCUT2D eigenvalue weighted by Crippen LogP contribution is -2.58. The van der Waals surface area contributed by atoms with E-state index < -0.39 is 9.05 Å². The van der Waals surface area contributed by atoms with Gasteiger partial charge in [-0.1, -0.05) is 174 Å². The first-order valence-electron chi connectivity index (χ1n) is 9.76. The molecular formula is C20H5Cl15O4Si. The first-order chi connectivity index (χ1) is 18.5. The second-order valence-electron chi connectivity index (χ2n) is 6.94. The average molecular weight is 869 g/mol. The van der Waals surface area contributed by atoms with Gasteiger partial charge in [-0.05, 0) is 6.92 Å². The smallest absolute Gasteiger partial charge is 0.458 e. The zero-order chi connectivity index (χ0) is 30.4. The minimum Gasteiger partial charge on any atom is -0.458 e. The number of benzene rings is 3. The molecular weight excluding hydrogens is 864 g/mol. The van der Waals surface area contributed by atoms with Crippen LogP contribution in [0.5, 0.6) is 17.2 Å². The zero-order valence-electron chi connectivity index (χ0n) is 18.5. The number of halogens is 15. The van der Waals surface area contributed by atoms with Gasteiger partial charge in [0.25, 0.3) is 0 Å². The van der Waals surface area contributed by atoms with Gasteiger partial charge in [-0.25, -0.2) is 0 Å². The Morgan fingerprint density at radius 2 is 0.525 bits per heavy atom. The Morgan fingerprint density at radius 3 is 0.700 bits per heavy atom. The fourth-order valence-electron chi connectivity index (χ4n) is 2.73. The molecule has 4 nitrogen and oxygen atoms in total. The third-order valence-corrected chi connectivity index (χ3v) is 13.2. The Kier molecular flexibility index (Phi) is 12.9. The predicted molar refractivity (Wildman–Crippen MR) is 174 cm³/mol. The van der Waals surface area contributed by atoms with Gasteiger partial charge in [0.15, 0.2) is 17.2 Å². The SMILES string of the molecule is CCO[Si](Oc1c(Cl)c(Cl)c(Cl)c(Cl)c1Cl)(Oc1c(Cl)c(Cl)c(Cl)c(Cl)c1Cl)Oc1c(Cl)c(Cl)c(Cl)c(Cl)c1Cl. The van der Waals surface area contributed by atoms with Crippen LogP contribution in [0.1, 0.15) is 6.92 Å². The molecule has 0 radical (unpaired) electrons. The summed E-state index contributed by atoms with van der Waals surface area (Å²) in [6.07, 6.45) is 0. The summed E-state index contributed by atoms with van der Waals surface area (Å²) >= 11 is 94.1. The van der Waals surface area contributed by atoms with E-state index in [0.717, 1.165) is 0 Å². The lowest BCUT2D eigenvalue weighted by molar-refractivity contribution is 0.0973. The summed E-state index contributed by atoms with van der Waals surface area (Å²) in [7, 11) is -4.88. The van der Waals surface area contributed by atoms with Gasteiger partial charge >= 0.3 is 9.05 Å². The molecule has 0 spiro atoms. The number of rotatable bonds is 8. The standard InChI is InChI=1S/C20H5Cl15O4Si/c1-2-36-40(37-18-12(30)6(24)3(21)7(25)13(18)31,38-19-14(32)8(26)4(22)9(27)15(19)33)39-20-16(34)10(28)5(23)11(29)17(20)35/h2H2,1H3. The van der Waals surface area contributed by atoms with Crippen LogP contribution >= 0.6 is 174 Å². The van der Waals surface area contributed by atoms with Crippen molar-refractivity contribution in [1.82, 2.24) is 0 Å². The molecule has 0 heterocycles.